The number of carbonyl (C=O) groups is 3. The first-order valence-electron chi connectivity index (χ1n) is 15.5. The molecule has 3 aliphatic rings. The van der Waals surface area contributed by atoms with Crippen molar-refractivity contribution in [1.29, 1.82) is 0 Å². The molecule has 6 rings (SSSR count). The van der Waals surface area contributed by atoms with Crippen LogP contribution < -0.4 is 16.0 Å². The molecule has 0 aliphatic carbocycles. The molecule has 250 valence electrons. The van der Waals surface area contributed by atoms with Crippen molar-refractivity contribution in [3.63, 3.8) is 0 Å². The molecule has 3 aromatic rings. The summed E-state index contributed by atoms with van der Waals surface area (Å²) in [5.74, 6) is -1.45. The van der Waals surface area contributed by atoms with Crippen molar-refractivity contribution in [2.75, 3.05) is 55.2 Å². The first-order valence-corrected chi connectivity index (χ1v) is 16.7. The van der Waals surface area contributed by atoms with Gasteiger partial charge in [0.2, 0.25) is 11.8 Å². The Balaban J connectivity index is 1.15. The summed E-state index contributed by atoms with van der Waals surface area (Å²) in [5, 5.41) is 5.48. The van der Waals surface area contributed by atoms with Gasteiger partial charge in [-0.25, -0.2) is 4.79 Å². The molecule has 3 N–H and O–H groups in total. The summed E-state index contributed by atoms with van der Waals surface area (Å²) in [4.78, 5) is 51.7. The molecule has 2 fully saturated rings. The number of nitrogen functional groups attached to an aromatic ring is 1. The van der Waals surface area contributed by atoms with E-state index in [4.69, 9.17) is 17.3 Å². The van der Waals surface area contributed by atoms with Gasteiger partial charge in [0.15, 0.2) is 0 Å². The van der Waals surface area contributed by atoms with Gasteiger partial charge in [0.05, 0.1) is 28.7 Å². The number of amides is 4. The zero-order chi connectivity index (χ0) is 33.3. The van der Waals surface area contributed by atoms with Crippen molar-refractivity contribution >= 4 is 57.2 Å². The van der Waals surface area contributed by atoms with Gasteiger partial charge < -0.3 is 25.3 Å². The molecule has 4 amide bonds. The second-order valence-corrected chi connectivity index (χ2v) is 13.4. The quantitative estimate of drug-likeness (QED) is 0.324. The molecule has 47 heavy (non-hydrogen) atoms. The molecule has 1 atom stereocenters. The van der Waals surface area contributed by atoms with Gasteiger partial charge in [0.1, 0.15) is 5.00 Å². The summed E-state index contributed by atoms with van der Waals surface area (Å²) >= 11 is 7.60. The number of rotatable bonds is 7. The predicted molar refractivity (Wildman–Crippen MR) is 174 cm³/mol. The Labute approximate surface area is 279 Å². The minimum Gasteiger partial charge on any atom is -0.397 e. The molecule has 15 heteroatoms. The van der Waals surface area contributed by atoms with Crippen LogP contribution in [0.2, 0.25) is 5.02 Å². The Morgan fingerprint density at radius 2 is 1.74 bits per heavy atom. The molecule has 2 aromatic heterocycles. The van der Waals surface area contributed by atoms with Crippen molar-refractivity contribution in [3.05, 3.63) is 69.8 Å². The van der Waals surface area contributed by atoms with Gasteiger partial charge in [-0.2, -0.15) is 13.2 Å². The second kappa shape index (κ2) is 13.6. The highest BCUT2D eigenvalue weighted by atomic mass is 35.5. The maximum atomic E-state index is 14.0. The minimum absolute atomic E-state index is 0.0427. The van der Waals surface area contributed by atoms with Gasteiger partial charge in [-0.3, -0.25) is 19.9 Å². The van der Waals surface area contributed by atoms with Gasteiger partial charge in [0, 0.05) is 75.4 Å². The summed E-state index contributed by atoms with van der Waals surface area (Å²) in [6, 6.07) is 7.84. The van der Waals surface area contributed by atoms with Gasteiger partial charge in [-0.1, -0.05) is 11.6 Å². The Morgan fingerprint density at radius 1 is 1.04 bits per heavy atom. The van der Waals surface area contributed by atoms with Crippen LogP contribution in [-0.2, 0) is 28.7 Å². The number of hydrogen-bond acceptors (Lipinski definition) is 7. The van der Waals surface area contributed by atoms with Crippen LogP contribution in [0.15, 0.2) is 48.1 Å². The molecule has 10 nitrogen and oxygen atoms in total. The fourth-order valence-electron chi connectivity index (χ4n) is 6.61. The average molecular weight is 690 g/mol. The Morgan fingerprint density at radius 3 is 2.43 bits per heavy atom. The van der Waals surface area contributed by atoms with E-state index in [2.05, 4.69) is 15.2 Å². The highest BCUT2D eigenvalue weighted by Crippen LogP contribution is 2.39. The number of pyridine rings is 1. The molecule has 0 radical (unpaired) electrons. The maximum absolute atomic E-state index is 14.0. The molecule has 0 unspecified atom stereocenters. The minimum atomic E-state index is -4.73. The highest BCUT2D eigenvalue weighted by molar-refractivity contribution is 7.14. The Hall–Kier alpha value is -4.04. The van der Waals surface area contributed by atoms with Crippen LogP contribution in [0, 0.1) is 5.92 Å². The standard InChI is InChI=1S/C32H35ClF3N7O3S/c33-26-17-20(16-25(28(26)37)32(34,35)36)15-22(30(45)42-12-10-40(11-13-42)23-1-6-38-7-2-23)18-27(44)41-8-3-24(4-9-41)43-19-21-5-14-47-29(21)39-31(43)46/h1-2,5-7,14,16-17,22,24H,3-4,8-13,15,18-19,37H2,(H,39,46)/t22-/m0/s1. The molecule has 0 saturated carbocycles. The summed E-state index contributed by atoms with van der Waals surface area (Å²) in [6.45, 7) is 3.24. The number of nitrogens with two attached hydrogens (primary N) is 1. The number of aromatic nitrogens is 1. The van der Waals surface area contributed by atoms with Crippen molar-refractivity contribution in [2.24, 2.45) is 5.92 Å². The van der Waals surface area contributed by atoms with Crippen LogP contribution in [0.1, 0.15) is 36.0 Å². The van der Waals surface area contributed by atoms with E-state index < -0.39 is 23.3 Å². The molecule has 3 aliphatic heterocycles. The number of likely N-dealkylation sites (tertiary alicyclic amines) is 1. The van der Waals surface area contributed by atoms with Gasteiger partial charge in [-0.15, -0.1) is 11.3 Å². The Bertz CT molecular complexity index is 1620. The molecular weight excluding hydrogens is 655 g/mol. The van der Waals surface area contributed by atoms with Gasteiger partial charge in [0.25, 0.3) is 0 Å². The third kappa shape index (κ3) is 7.28. The lowest BCUT2D eigenvalue weighted by Crippen LogP contribution is -2.52. The smallest absolute Gasteiger partial charge is 0.397 e. The first-order chi connectivity index (χ1) is 22.5. The molecule has 2 saturated heterocycles. The lowest BCUT2D eigenvalue weighted by Gasteiger charge is -2.40. The molecule has 0 spiro atoms. The van der Waals surface area contributed by atoms with Crippen LogP contribution in [0.25, 0.3) is 0 Å². The second-order valence-electron chi connectivity index (χ2n) is 12.1. The number of piperidine rings is 1. The van der Waals surface area contributed by atoms with E-state index in [1.165, 1.54) is 17.4 Å². The van der Waals surface area contributed by atoms with E-state index in [0.29, 0.717) is 58.7 Å². The predicted octanol–water partition coefficient (Wildman–Crippen LogP) is 5.33. The van der Waals surface area contributed by atoms with E-state index in [9.17, 15) is 27.6 Å². The highest BCUT2D eigenvalue weighted by Gasteiger charge is 2.37. The number of anilines is 3. The van der Waals surface area contributed by atoms with Crippen molar-refractivity contribution < 1.29 is 27.6 Å². The third-order valence-electron chi connectivity index (χ3n) is 9.19. The third-order valence-corrected chi connectivity index (χ3v) is 10.4. The van der Waals surface area contributed by atoms with E-state index in [1.807, 2.05) is 23.6 Å². The maximum Gasteiger partial charge on any atom is 0.418 e. The average Bonchev–Trinajstić information content (AvgIpc) is 3.52. The summed E-state index contributed by atoms with van der Waals surface area (Å²) in [7, 11) is 0. The van der Waals surface area contributed by atoms with Crippen LogP contribution in [0.5, 0.6) is 0 Å². The monoisotopic (exact) mass is 689 g/mol. The van der Waals surface area contributed by atoms with Crippen molar-refractivity contribution in [3.8, 4) is 0 Å². The largest absolute Gasteiger partial charge is 0.418 e. The zero-order valence-electron chi connectivity index (χ0n) is 25.5. The number of nitrogens with zero attached hydrogens (tertiary/aromatic N) is 5. The normalized spacial score (nSPS) is 18.2. The van der Waals surface area contributed by atoms with Crippen LogP contribution in [-0.4, -0.2) is 82.8 Å². The molecular formula is C32H35ClF3N7O3S. The number of halogens is 4. The lowest BCUT2D eigenvalue weighted by atomic mass is 9.91. The number of urea groups is 1. The lowest BCUT2D eigenvalue weighted by molar-refractivity contribution is -0.142. The van der Waals surface area contributed by atoms with Crippen LogP contribution in [0.4, 0.5) is 34.3 Å². The molecule has 5 heterocycles. The number of alkyl halides is 3. The van der Waals surface area contributed by atoms with Crippen LogP contribution >= 0.6 is 22.9 Å². The topological polar surface area (TPSA) is 115 Å². The van der Waals surface area contributed by atoms with E-state index in [1.54, 1.807) is 27.1 Å². The first kappa shape index (κ1) is 32.9. The fraction of sp³-hybridized carbons (Fsp3) is 0.438. The SMILES string of the molecule is Nc1c(Cl)cc(C[C@@H](CC(=O)N2CCC(N3Cc4ccsc4NC3=O)CC2)C(=O)N2CCN(c3ccncc3)CC2)cc1C(F)(F)F. The number of benzene rings is 1. The van der Waals surface area contributed by atoms with E-state index in [0.717, 1.165) is 22.3 Å². The zero-order valence-corrected chi connectivity index (χ0v) is 27.1. The van der Waals surface area contributed by atoms with Crippen molar-refractivity contribution in [2.45, 2.75) is 44.4 Å². The fourth-order valence-corrected chi connectivity index (χ4v) is 7.65. The number of hydrogen-bond donors (Lipinski definition) is 2. The number of carbonyl (C=O) groups excluding carboxylic acids is 3. The number of piperazine rings is 1. The number of fused-ring (bicyclic) bond motifs is 1. The molecule has 0 bridgehead atoms. The van der Waals surface area contributed by atoms with Crippen LogP contribution in [0.3, 0.4) is 0 Å². The Kier molecular flexibility index (Phi) is 9.51. The number of thiophene rings is 1. The summed E-state index contributed by atoms with van der Waals surface area (Å²) in [6.07, 6.45) is -0.447. The summed E-state index contributed by atoms with van der Waals surface area (Å²) < 4.78 is 41.3. The number of nitrogens with one attached hydrogen (secondary N) is 1. The van der Waals surface area contributed by atoms with Gasteiger partial charge >= 0.3 is 12.2 Å². The van der Waals surface area contributed by atoms with Gasteiger partial charge in [-0.05, 0) is 60.5 Å². The molecule has 1 aromatic carbocycles. The van der Waals surface area contributed by atoms with E-state index >= 15 is 0 Å². The van der Waals surface area contributed by atoms with Crippen molar-refractivity contribution in [1.82, 2.24) is 19.7 Å². The summed E-state index contributed by atoms with van der Waals surface area (Å²) in [5.41, 5.74) is 6.24. The van der Waals surface area contributed by atoms with E-state index in [-0.39, 0.29) is 47.3 Å².